The Bertz CT molecular complexity index is 704. The van der Waals surface area contributed by atoms with E-state index in [1.54, 1.807) is 0 Å². The molecular formula is C18H24N2O9. The van der Waals surface area contributed by atoms with Crippen LogP contribution in [0.2, 0.25) is 0 Å². The van der Waals surface area contributed by atoms with Crippen molar-refractivity contribution in [2.75, 3.05) is 13.3 Å². The van der Waals surface area contributed by atoms with E-state index >= 15 is 0 Å². The second kappa shape index (κ2) is 12.2. The maximum Gasteiger partial charge on any atom is 0.410 e. The van der Waals surface area contributed by atoms with Gasteiger partial charge in [-0.3, -0.25) is 4.79 Å². The highest BCUT2D eigenvalue weighted by molar-refractivity contribution is 5.89. The molecule has 0 saturated carbocycles. The van der Waals surface area contributed by atoms with E-state index in [4.69, 9.17) is 14.6 Å². The number of amides is 1. The normalized spacial score (nSPS) is 11.4. The fourth-order valence-corrected chi connectivity index (χ4v) is 2.52. The van der Waals surface area contributed by atoms with Crippen LogP contribution in [0.1, 0.15) is 42.6 Å². The third kappa shape index (κ3) is 10.5. The number of aliphatic carboxylic acids is 1. The fourth-order valence-electron chi connectivity index (χ4n) is 2.52. The van der Waals surface area contributed by atoms with E-state index in [1.807, 2.05) is 13.8 Å². The Kier molecular flexibility index (Phi) is 9.92. The predicted octanol–water partition coefficient (Wildman–Crippen LogP) is 2.37. The molecule has 1 unspecified atom stereocenters. The molecule has 160 valence electrons. The molecule has 11 nitrogen and oxygen atoms in total. The minimum Gasteiger partial charge on any atom is -0.481 e. The quantitative estimate of drug-likeness (QED) is 0.228. The maximum absolute atomic E-state index is 11.9. The number of carbonyl (C=O) groups is 3. The zero-order chi connectivity index (χ0) is 21.8. The Morgan fingerprint density at radius 2 is 1.83 bits per heavy atom. The summed E-state index contributed by atoms with van der Waals surface area (Å²) in [5.74, 6) is -1.66. The smallest absolute Gasteiger partial charge is 0.410 e. The van der Waals surface area contributed by atoms with Crippen LogP contribution < -0.4 is 5.32 Å². The second-order valence-corrected chi connectivity index (χ2v) is 6.65. The lowest BCUT2D eigenvalue weighted by molar-refractivity contribution is -0.763. The molecule has 1 atom stereocenters. The Morgan fingerprint density at radius 1 is 1.17 bits per heavy atom. The first-order chi connectivity index (χ1) is 13.7. The van der Waals surface area contributed by atoms with Crippen molar-refractivity contribution in [2.24, 2.45) is 11.8 Å². The monoisotopic (exact) mass is 412 g/mol. The number of esters is 1. The van der Waals surface area contributed by atoms with Gasteiger partial charge in [0.1, 0.15) is 6.61 Å². The summed E-state index contributed by atoms with van der Waals surface area (Å²) in [5.41, 5.74) is 0.656. The third-order valence-corrected chi connectivity index (χ3v) is 3.71. The number of ether oxygens (including phenoxy) is 2. The van der Waals surface area contributed by atoms with Crippen LogP contribution in [0.5, 0.6) is 0 Å². The molecule has 1 aromatic rings. The molecular weight excluding hydrogens is 388 g/mol. The van der Waals surface area contributed by atoms with Crippen LogP contribution >= 0.6 is 0 Å². The zero-order valence-electron chi connectivity index (χ0n) is 16.2. The number of carboxylic acid groups (broad SMARTS) is 1. The van der Waals surface area contributed by atoms with Gasteiger partial charge < -0.3 is 24.7 Å². The van der Waals surface area contributed by atoms with Crippen LogP contribution in [0.4, 0.5) is 4.79 Å². The second-order valence-electron chi connectivity index (χ2n) is 6.65. The SMILES string of the molecule is CC(C)CC(CNC(=O)OCOC(=O)c1ccc(CO[N+](=O)[O-])cc1)CC(=O)O. The van der Waals surface area contributed by atoms with Gasteiger partial charge >= 0.3 is 18.0 Å². The summed E-state index contributed by atoms with van der Waals surface area (Å²) in [6.07, 6.45) is -0.273. The first kappa shape index (κ1) is 23.7. The summed E-state index contributed by atoms with van der Waals surface area (Å²) in [7, 11) is 0. The first-order valence-electron chi connectivity index (χ1n) is 8.83. The minimum atomic E-state index is -0.948. The molecule has 0 heterocycles. The van der Waals surface area contributed by atoms with Crippen molar-refractivity contribution in [3.8, 4) is 0 Å². The van der Waals surface area contributed by atoms with Gasteiger partial charge in [0.25, 0.3) is 5.09 Å². The number of nitrogens with one attached hydrogen (secondary N) is 1. The molecule has 0 aliphatic carbocycles. The van der Waals surface area contributed by atoms with Crippen LogP contribution in [0.3, 0.4) is 0 Å². The van der Waals surface area contributed by atoms with Gasteiger partial charge in [-0.2, -0.15) is 0 Å². The van der Waals surface area contributed by atoms with Crippen molar-refractivity contribution in [3.63, 3.8) is 0 Å². The molecule has 0 radical (unpaired) electrons. The van der Waals surface area contributed by atoms with Gasteiger partial charge in [0.2, 0.25) is 6.79 Å². The first-order valence-corrected chi connectivity index (χ1v) is 8.83. The molecule has 0 saturated heterocycles. The molecule has 0 fully saturated rings. The molecule has 11 heteroatoms. The number of hydrogen-bond donors (Lipinski definition) is 2. The molecule has 2 N–H and O–H groups in total. The van der Waals surface area contributed by atoms with Crippen molar-refractivity contribution < 1.29 is 38.9 Å². The van der Waals surface area contributed by atoms with Gasteiger partial charge in [-0.25, -0.2) is 9.59 Å². The molecule has 0 bridgehead atoms. The molecule has 0 spiro atoms. The van der Waals surface area contributed by atoms with E-state index in [0.29, 0.717) is 12.0 Å². The Labute approximate surface area is 167 Å². The van der Waals surface area contributed by atoms with Crippen LogP contribution in [0, 0.1) is 22.0 Å². The molecule has 29 heavy (non-hydrogen) atoms. The molecule has 0 aliphatic rings. The average molecular weight is 412 g/mol. The number of hydrogen-bond acceptors (Lipinski definition) is 8. The van der Waals surface area contributed by atoms with Gasteiger partial charge in [-0.15, -0.1) is 10.1 Å². The number of benzene rings is 1. The molecule has 1 aromatic carbocycles. The number of alkyl carbamates (subject to hydrolysis) is 1. The van der Waals surface area contributed by atoms with Crippen LogP contribution in [-0.2, 0) is 25.7 Å². The number of carbonyl (C=O) groups excluding carboxylic acids is 2. The van der Waals surface area contributed by atoms with E-state index in [2.05, 4.69) is 10.2 Å². The lowest BCUT2D eigenvalue weighted by Gasteiger charge is -2.17. The zero-order valence-corrected chi connectivity index (χ0v) is 16.2. The highest BCUT2D eigenvalue weighted by atomic mass is 16.9. The molecule has 0 aliphatic heterocycles. The van der Waals surface area contributed by atoms with Crippen molar-refractivity contribution in [2.45, 2.75) is 33.3 Å². The van der Waals surface area contributed by atoms with Crippen molar-refractivity contribution >= 4 is 18.0 Å². The summed E-state index contributed by atoms with van der Waals surface area (Å²) in [5, 5.41) is 20.6. The Hall–Kier alpha value is -3.37. The Balaban J connectivity index is 2.36. The minimum absolute atomic E-state index is 0.0733. The Morgan fingerprint density at radius 3 is 2.38 bits per heavy atom. The van der Waals surface area contributed by atoms with E-state index < -0.39 is 29.9 Å². The largest absolute Gasteiger partial charge is 0.481 e. The van der Waals surface area contributed by atoms with E-state index in [-0.39, 0.29) is 37.0 Å². The lowest BCUT2D eigenvalue weighted by Crippen LogP contribution is -2.32. The standard InChI is InChI=1S/C18H24N2O9/c1-12(2)7-14(8-16(21)22)9-19-18(24)28-11-27-17(23)15-5-3-13(4-6-15)10-29-20(25)26/h3-6,12,14H,7-11H2,1-2H3,(H,19,24)(H,21,22). The third-order valence-electron chi connectivity index (χ3n) is 3.71. The fraction of sp³-hybridized carbons (Fsp3) is 0.500. The van der Waals surface area contributed by atoms with E-state index in [0.717, 1.165) is 0 Å². The summed E-state index contributed by atoms with van der Waals surface area (Å²) in [6, 6.07) is 5.71. The summed E-state index contributed by atoms with van der Waals surface area (Å²) >= 11 is 0. The molecule has 1 rings (SSSR count). The maximum atomic E-state index is 11.9. The topological polar surface area (TPSA) is 154 Å². The van der Waals surface area contributed by atoms with Crippen molar-refractivity contribution in [1.29, 1.82) is 0 Å². The number of rotatable bonds is 12. The predicted molar refractivity (Wildman–Crippen MR) is 98.2 cm³/mol. The average Bonchev–Trinajstić information content (AvgIpc) is 2.64. The van der Waals surface area contributed by atoms with Gasteiger partial charge in [0.15, 0.2) is 0 Å². The van der Waals surface area contributed by atoms with Gasteiger partial charge in [-0.1, -0.05) is 26.0 Å². The summed E-state index contributed by atoms with van der Waals surface area (Å²) in [4.78, 5) is 48.8. The van der Waals surface area contributed by atoms with Crippen molar-refractivity contribution in [1.82, 2.24) is 5.32 Å². The molecule has 1 amide bonds. The van der Waals surface area contributed by atoms with E-state index in [9.17, 15) is 24.5 Å². The highest BCUT2D eigenvalue weighted by Gasteiger charge is 2.17. The van der Waals surface area contributed by atoms with Crippen LogP contribution in [0.15, 0.2) is 24.3 Å². The highest BCUT2D eigenvalue weighted by Crippen LogP contribution is 2.14. The van der Waals surface area contributed by atoms with Crippen molar-refractivity contribution in [3.05, 3.63) is 45.5 Å². The number of nitrogens with zero attached hydrogens (tertiary/aromatic N) is 1. The van der Waals surface area contributed by atoms with Gasteiger partial charge in [-0.05, 0) is 36.0 Å². The molecule has 0 aromatic heterocycles. The summed E-state index contributed by atoms with van der Waals surface area (Å²) < 4.78 is 9.56. The summed E-state index contributed by atoms with van der Waals surface area (Å²) in [6.45, 7) is 3.17. The lowest BCUT2D eigenvalue weighted by atomic mass is 9.94. The van der Waals surface area contributed by atoms with Gasteiger partial charge in [0, 0.05) is 13.0 Å². The van der Waals surface area contributed by atoms with Crippen LogP contribution in [0.25, 0.3) is 0 Å². The van der Waals surface area contributed by atoms with E-state index in [1.165, 1.54) is 24.3 Å². The number of carboxylic acids is 1. The van der Waals surface area contributed by atoms with Crippen LogP contribution in [-0.4, -0.2) is 41.6 Å². The van der Waals surface area contributed by atoms with Gasteiger partial charge in [0.05, 0.1) is 5.56 Å².